The molecule has 90 valence electrons. The molecule has 16 heavy (non-hydrogen) atoms. The molecule has 1 aromatic rings. The van der Waals surface area contributed by atoms with Crippen LogP contribution < -0.4 is 5.73 Å². The first-order chi connectivity index (χ1) is 7.56. The minimum atomic E-state index is 0.111. The van der Waals surface area contributed by atoms with Gasteiger partial charge in [-0.15, -0.1) is 0 Å². The van der Waals surface area contributed by atoms with E-state index >= 15 is 0 Å². The molecule has 0 heterocycles. The van der Waals surface area contributed by atoms with Crippen molar-refractivity contribution >= 4 is 0 Å². The van der Waals surface area contributed by atoms with Crippen molar-refractivity contribution in [1.82, 2.24) is 4.90 Å². The van der Waals surface area contributed by atoms with Crippen molar-refractivity contribution in [3.8, 4) is 0 Å². The summed E-state index contributed by atoms with van der Waals surface area (Å²) in [6.45, 7) is 7.49. The molecule has 2 atom stereocenters. The van der Waals surface area contributed by atoms with Crippen LogP contribution in [0.1, 0.15) is 37.4 Å². The van der Waals surface area contributed by atoms with E-state index in [4.69, 9.17) is 5.73 Å². The molecule has 0 saturated carbocycles. The molecule has 2 unspecified atom stereocenters. The van der Waals surface area contributed by atoms with Crippen LogP contribution in [0.3, 0.4) is 0 Å². The third kappa shape index (κ3) is 3.32. The van der Waals surface area contributed by atoms with Crippen LogP contribution in [0.15, 0.2) is 24.3 Å². The van der Waals surface area contributed by atoms with Crippen LogP contribution in [0.5, 0.6) is 0 Å². The number of nitrogens with zero attached hydrogens (tertiary/aromatic N) is 1. The summed E-state index contributed by atoms with van der Waals surface area (Å²) in [4.78, 5) is 2.33. The van der Waals surface area contributed by atoms with Crippen LogP contribution in [0.4, 0.5) is 0 Å². The van der Waals surface area contributed by atoms with Crippen LogP contribution in [0.25, 0.3) is 0 Å². The van der Waals surface area contributed by atoms with Crippen molar-refractivity contribution < 1.29 is 0 Å². The number of benzene rings is 1. The second-order valence-corrected chi connectivity index (χ2v) is 4.66. The smallest absolute Gasteiger partial charge is 0.0426 e. The highest BCUT2D eigenvalue weighted by atomic mass is 15.1. The van der Waals surface area contributed by atoms with E-state index in [0.717, 1.165) is 13.0 Å². The highest BCUT2D eigenvalue weighted by Gasteiger charge is 2.13. The predicted octanol–water partition coefficient (Wildman–Crippen LogP) is 2.73. The zero-order chi connectivity index (χ0) is 12.1. The van der Waals surface area contributed by atoms with Gasteiger partial charge >= 0.3 is 0 Å². The fourth-order valence-electron chi connectivity index (χ4n) is 1.90. The van der Waals surface area contributed by atoms with Crippen LogP contribution in [-0.4, -0.2) is 24.5 Å². The van der Waals surface area contributed by atoms with Gasteiger partial charge in [0.15, 0.2) is 0 Å². The molecule has 2 N–H and O–H groups in total. The lowest BCUT2D eigenvalue weighted by molar-refractivity contribution is 0.237. The van der Waals surface area contributed by atoms with Crippen molar-refractivity contribution in [2.24, 2.45) is 5.73 Å². The molecule has 0 spiro atoms. The van der Waals surface area contributed by atoms with Gasteiger partial charge in [-0.3, -0.25) is 0 Å². The summed E-state index contributed by atoms with van der Waals surface area (Å²) >= 11 is 0. The van der Waals surface area contributed by atoms with Gasteiger partial charge in [0.05, 0.1) is 0 Å². The van der Waals surface area contributed by atoms with Gasteiger partial charge in [0.25, 0.3) is 0 Å². The third-order valence-electron chi connectivity index (χ3n) is 3.42. The van der Waals surface area contributed by atoms with Crippen LogP contribution in [0.2, 0.25) is 0 Å². The number of hydrogen-bond acceptors (Lipinski definition) is 2. The molecule has 0 radical (unpaired) electrons. The molecule has 0 aliphatic carbocycles. The highest BCUT2D eigenvalue weighted by molar-refractivity contribution is 5.28. The maximum atomic E-state index is 6.25. The van der Waals surface area contributed by atoms with Gasteiger partial charge in [0.1, 0.15) is 0 Å². The van der Waals surface area contributed by atoms with Gasteiger partial charge < -0.3 is 10.6 Å². The molecular weight excluding hydrogens is 196 g/mol. The number of aryl methyl sites for hydroxylation is 1. The monoisotopic (exact) mass is 220 g/mol. The SMILES string of the molecule is CCC(C)N(C)CC(N)c1ccccc1C. The van der Waals surface area contributed by atoms with Crippen molar-refractivity contribution in [1.29, 1.82) is 0 Å². The zero-order valence-corrected chi connectivity index (χ0v) is 10.9. The molecule has 0 aromatic heterocycles. The first-order valence-corrected chi connectivity index (χ1v) is 6.07. The topological polar surface area (TPSA) is 29.3 Å². The molecule has 2 heteroatoms. The molecule has 0 aliphatic rings. The lowest BCUT2D eigenvalue weighted by Crippen LogP contribution is -2.35. The number of likely N-dealkylation sites (N-methyl/N-ethyl adjacent to an activating group) is 1. The summed E-state index contributed by atoms with van der Waals surface area (Å²) in [5, 5.41) is 0. The van der Waals surface area contributed by atoms with Crippen molar-refractivity contribution in [3.05, 3.63) is 35.4 Å². The molecule has 0 bridgehead atoms. The number of rotatable bonds is 5. The summed E-state index contributed by atoms with van der Waals surface area (Å²) in [5.74, 6) is 0. The predicted molar refractivity (Wildman–Crippen MR) is 70.5 cm³/mol. The van der Waals surface area contributed by atoms with Crippen molar-refractivity contribution in [2.75, 3.05) is 13.6 Å². The van der Waals surface area contributed by atoms with Crippen LogP contribution in [-0.2, 0) is 0 Å². The van der Waals surface area contributed by atoms with E-state index in [-0.39, 0.29) is 6.04 Å². The van der Waals surface area contributed by atoms with E-state index in [9.17, 15) is 0 Å². The van der Waals surface area contributed by atoms with Crippen molar-refractivity contribution in [2.45, 2.75) is 39.3 Å². The Kier molecular flexibility index (Phi) is 4.97. The van der Waals surface area contributed by atoms with Gasteiger partial charge in [-0.25, -0.2) is 0 Å². The average Bonchev–Trinajstić information content (AvgIpc) is 2.28. The van der Waals surface area contributed by atoms with E-state index in [0.29, 0.717) is 6.04 Å². The zero-order valence-electron chi connectivity index (χ0n) is 10.9. The minimum Gasteiger partial charge on any atom is -0.323 e. The number of hydrogen-bond donors (Lipinski definition) is 1. The molecule has 0 amide bonds. The first-order valence-electron chi connectivity index (χ1n) is 6.07. The second-order valence-electron chi connectivity index (χ2n) is 4.66. The van der Waals surface area contributed by atoms with Gasteiger partial charge in [0, 0.05) is 18.6 Å². The molecule has 2 nitrogen and oxygen atoms in total. The van der Waals surface area contributed by atoms with E-state index in [1.807, 2.05) is 0 Å². The van der Waals surface area contributed by atoms with E-state index in [2.05, 4.69) is 57.0 Å². The Morgan fingerprint density at radius 1 is 1.31 bits per heavy atom. The Morgan fingerprint density at radius 3 is 2.50 bits per heavy atom. The Bertz CT molecular complexity index is 322. The summed E-state index contributed by atoms with van der Waals surface area (Å²) < 4.78 is 0. The molecule has 1 aromatic carbocycles. The largest absolute Gasteiger partial charge is 0.323 e. The quantitative estimate of drug-likeness (QED) is 0.826. The molecule has 0 fully saturated rings. The Morgan fingerprint density at radius 2 is 1.94 bits per heavy atom. The van der Waals surface area contributed by atoms with Crippen molar-refractivity contribution in [3.63, 3.8) is 0 Å². The molecule has 1 rings (SSSR count). The summed E-state index contributed by atoms with van der Waals surface area (Å²) in [5.41, 5.74) is 8.79. The lowest BCUT2D eigenvalue weighted by atomic mass is 10.0. The number of nitrogens with two attached hydrogens (primary N) is 1. The molecular formula is C14H24N2. The summed E-state index contributed by atoms with van der Waals surface area (Å²) in [6.07, 6.45) is 1.16. The maximum Gasteiger partial charge on any atom is 0.0426 e. The van der Waals surface area contributed by atoms with Gasteiger partial charge in [-0.1, -0.05) is 31.2 Å². The first kappa shape index (κ1) is 13.2. The Balaban J connectivity index is 2.65. The van der Waals surface area contributed by atoms with Gasteiger partial charge in [-0.05, 0) is 38.4 Å². The maximum absolute atomic E-state index is 6.25. The summed E-state index contributed by atoms with van der Waals surface area (Å²) in [7, 11) is 2.15. The van der Waals surface area contributed by atoms with Crippen LogP contribution >= 0.6 is 0 Å². The van der Waals surface area contributed by atoms with E-state index in [1.165, 1.54) is 11.1 Å². The second kappa shape index (κ2) is 6.02. The Labute approximate surface area is 99.5 Å². The Hall–Kier alpha value is -0.860. The molecule has 0 aliphatic heterocycles. The van der Waals surface area contributed by atoms with E-state index < -0.39 is 0 Å². The van der Waals surface area contributed by atoms with Gasteiger partial charge in [0.2, 0.25) is 0 Å². The van der Waals surface area contributed by atoms with Gasteiger partial charge in [-0.2, -0.15) is 0 Å². The molecule has 0 saturated heterocycles. The standard InChI is InChI=1S/C14H24N2/c1-5-12(3)16(4)10-14(15)13-9-7-6-8-11(13)2/h6-9,12,14H,5,10,15H2,1-4H3. The minimum absolute atomic E-state index is 0.111. The third-order valence-corrected chi connectivity index (χ3v) is 3.42. The van der Waals surface area contributed by atoms with E-state index in [1.54, 1.807) is 0 Å². The lowest BCUT2D eigenvalue weighted by Gasteiger charge is -2.27. The average molecular weight is 220 g/mol. The summed E-state index contributed by atoms with van der Waals surface area (Å²) in [6, 6.07) is 9.08. The fraction of sp³-hybridized carbons (Fsp3) is 0.571. The normalized spacial score (nSPS) is 15.1. The van der Waals surface area contributed by atoms with Crippen LogP contribution in [0, 0.1) is 6.92 Å². The highest BCUT2D eigenvalue weighted by Crippen LogP contribution is 2.16. The fourth-order valence-corrected chi connectivity index (χ4v) is 1.90.